The van der Waals surface area contributed by atoms with Gasteiger partial charge in [0.15, 0.2) is 0 Å². The van der Waals surface area contributed by atoms with Gasteiger partial charge in [0, 0.05) is 6.54 Å². The molecule has 1 fully saturated rings. The average molecular weight is 239 g/mol. The molecule has 1 aliphatic heterocycles. The summed E-state index contributed by atoms with van der Waals surface area (Å²) in [5.74, 6) is 0.728. The van der Waals surface area contributed by atoms with Crippen molar-refractivity contribution >= 4 is 17.3 Å². The van der Waals surface area contributed by atoms with Crippen LogP contribution in [0.15, 0.2) is 18.2 Å². The molecule has 1 heterocycles. The Balaban J connectivity index is 1.88. The molecule has 3 heteroatoms. The molecule has 0 saturated carbocycles. The molecule has 2 N–H and O–H groups in total. The third kappa shape index (κ3) is 3.13. The van der Waals surface area contributed by atoms with Crippen LogP contribution in [0.5, 0.6) is 0 Å². The number of anilines is 1. The number of nitrogens with one attached hydrogen (secondary N) is 2. The highest BCUT2D eigenvalue weighted by atomic mass is 35.5. The van der Waals surface area contributed by atoms with Crippen molar-refractivity contribution in [2.45, 2.75) is 19.8 Å². The zero-order valence-corrected chi connectivity index (χ0v) is 10.5. The van der Waals surface area contributed by atoms with Crippen molar-refractivity contribution in [3.05, 3.63) is 28.8 Å². The summed E-state index contributed by atoms with van der Waals surface area (Å²) in [6.07, 6.45) is 2.59. The van der Waals surface area contributed by atoms with Crippen molar-refractivity contribution in [2.75, 3.05) is 25.0 Å². The van der Waals surface area contributed by atoms with Crippen molar-refractivity contribution in [1.29, 1.82) is 0 Å². The minimum Gasteiger partial charge on any atom is -0.384 e. The van der Waals surface area contributed by atoms with E-state index in [1.807, 2.05) is 6.07 Å². The Kier molecular flexibility index (Phi) is 4.08. The van der Waals surface area contributed by atoms with Crippen LogP contribution < -0.4 is 10.6 Å². The molecule has 88 valence electrons. The van der Waals surface area contributed by atoms with Gasteiger partial charge in [-0.2, -0.15) is 0 Å². The van der Waals surface area contributed by atoms with Gasteiger partial charge in [-0.05, 0) is 56.5 Å². The first-order valence-electron chi connectivity index (χ1n) is 5.96. The monoisotopic (exact) mass is 238 g/mol. The molecule has 1 atom stereocenters. The van der Waals surface area contributed by atoms with Gasteiger partial charge < -0.3 is 10.6 Å². The topological polar surface area (TPSA) is 24.1 Å². The second kappa shape index (κ2) is 5.55. The molecule has 1 aromatic carbocycles. The van der Waals surface area contributed by atoms with Crippen molar-refractivity contribution in [3.63, 3.8) is 0 Å². The first kappa shape index (κ1) is 11.7. The van der Waals surface area contributed by atoms with Crippen LogP contribution in [0.1, 0.15) is 18.4 Å². The molecule has 0 radical (unpaired) electrons. The average Bonchev–Trinajstić information content (AvgIpc) is 2.29. The van der Waals surface area contributed by atoms with E-state index >= 15 is 0 Å². The van der Waals surface area contributed by atoms with E-state index in [9.17, 15) is 0 Å². The van der Waals surface area contributed by atoms with Crippen molar-refractivity contribution in [2.24, 2.45) is 5.92 Å². The summed E-state index contributed by atoms with van der Waals surface area (Å²) in [7, 11) is 0. The van der Waals surface area contributed by atoms with Crippen LogP contribution in [0.25, 0.3) is 0 Å². The molecule has 1 aliphatic rings. The van der Waals surface area contributed by atoms with Gasteiger partial charge in [0.25, 0.3) is 0 Å². The van der Waals surface area contributed by atoms with E-state index in [4.69, 9.17) is 11.6 Å². The Morgan fingerprint density at radius 1 is 1.50 bits per heavy atom. The predicted molar refractivity (Wildman–Crippen MR) is 70.3 cm³/mol. The molecule has 0 aromatic heterocycles. The summed E-state index contributed by atoms with van der Waals surface area (Å²) >= 11 is 6.17. The van der Waals surface area contributed by atoms with Gasteiger partial charge >= 0.3 is 0 Å². The molecule has 1 unspecified atom stereocenters. The van der Waals surface area contributed by atoms with Crippen molar-refractivity contribution in [1.82, 2.24) is 5.32 Å². The molecule has 0 amide bonds. The fourth-order valence-corrected chi connectivity index (χ4v) is 2.42. The zero-order chi connectivity index (χ0) is 11.4. The maximum absolute atomic E-state index is 6.17. The van der Waals surface area contributed by atoms with Crippen LogP contribution in [0, 0.1) is 12.8 Å². The highest BCUT2D eigenvalue weighted by molar-refractivity contribution is 6.33. The fraction of sp³-hybridized carbons (Fsp3) is 0.538. The second-order valence-corrected chi connectivity index (χ2v) is 4.98. The molecule has 0 spiro atoms. The summed E-state index contributed by atoms with van der Waals surface area (Å²) in [6, 6.07) is 6.16. The lowest BCUT2D eigenvalue weighted by molar-refractivity contribution is 0.393. The van der Waals surface area contributed by atoms with Crippen LogP contribution >= 0.6 is 11.6 Å². The standard InChI is InChI=1S/C13H19ClN2/c1-10-4-5-13(12(14)7-10)16-9-11-3-2-6-15-8-11/h4-5,7,11,15-16H,2-3,6,8-9H2,1H3. The molecule has 1 saturated heterocycles. The number of rotatable bonds is 3. The number of benzene rings is 1. The SMILES string of the molecule is Cc1ccc(NCC2CCCNC2)c(Cl)c1. The quantitative estimate of drug-likeness (QED) is 0.846. The predicted octanol–water partition coefficient (Wildman–Crippen LogP) is 3.06. The number of aryl methyl sites for hydroxylation is 1. The van der Waals surface area contributed by atoms with Gasteiger partial charge in [-0.15, -0.1) is 0 Å². The van der Waals surface area contributed by atoms with E-state index in [1.165, 1.54) is 24.9 Å². The van der Waals surface area contributed by atoms with E-state index in [-0.39, 0.29) is 0 Å². The van der Waals surface area contributed by atoms with E-state index < -0.39 is 0 Å². The Morgan fingerprint density at radius 3 is 3.06 bits per heavy atom. The molecule has 0 bridgehead atoms. The largest absolute Gasteiger partial charge is 0.384 e. The molecular weight excluding hydrogens is 220 g/mol. The number of halogens is 1. The van der Waals surface area contributed by atoms with Gasteiger partial charge in [-0.3, -0.25) is 0 Å². The summed E-state index contributed by atoms with van der Waals surface area (Å²) in [6.45, 7) is 5.36. The van der Waals surface area contributed by atoms with E-state index in [0.29, 0.717) is 0 Å². The highest BCUT2D eigenvalue weighted by Gasteiger charge is 2.12. The minimum absolute atomic E-state index is 0.728. The molecule has 0 aliphatic carbocycles. The smallest absolute Gasteiger partial charge is 0.0640 e. The first-order chi connectivity index (χ1) is 7.75. The van der Waals surface area contributed by atoms with Crippen LogP contribution in [-0.2, 0) is 0 Å². The Morgan fingerprint density at radius 2 is 2.38 bits per heavy atom. The maximum Gasteiger partial charge on any atom is 0.0640 e. The third-order valence-electron chi connectivity index (χ3n) is 3.10. The van der Waals surface area contributed by atoms with Gasteiger partial charge in [0.05, 0.1) is 10.7 Å². The minimum atomic E-state index is 0.728. The second-order valence-electron chi connectivity index (χ2n) is 4.58. The summed E-state index contributed by atoms with van der Waals surface area (Å²) in [5.41, 5.74) is 2.26. The molecule has 1 aromatic rings. The summed E-state index contributed by atoms with van der Waals surface area (Å²) in [5, 5.41) is 7.68. The normalized spacial score (nSPS) is 20.8. The molecule has 16 heavy (non-hydrogen) atoms. The molecule has 2 nitrogen and oxygen atoms in total. The molecular formula is C13H19ClN2. The Hall–Kier alpha value is -0.730. The zero-order valence-electron chi connectivity index (χ0n) is 9.72. The van der Waals surface area contributed by atoms with Crippen LogP contribution in [0.3, 0.4) is 0 Å². The fourth-order valence-electron chi connectivity index (χ4n) is 2.12. The number of hydrogen-bond acceptors (Lipinski definition) is 2. The lowest BCUT2D eigenvalue weighted by atomic mass is 10.00. The Labute approximate surface area is 102 Å². The van der Waals surface area contributed by atoms with Gasteiger partial charge in [0.1, 0.15) is 0 Å². The van der Waals surface area contributed by atoms with Crippen molar-refractivity contribution in [3.8, 4) is 0 Å². The first-order valence-corrected chi connectivity index (χ1v) is 6.34. The summed E-state index contributed by atoms with van der Waals surface area (Å²) in [4.78, 5) is 0. The number of piperidine rings is 1. The lowest BCUT2D eigenvalue weighted by Gasteiger charge is -2.23. The highest BCUT2D eigenvalue weighted by Crippen LogP contribution is 2.23. The summed E-state index contributed by atoms with van der Waals surface area (Å²) < 4.78 is 0. The van der Waals surface area contributed by atoms with Gasteiger partial charge in [0.2, 0.25) is 0 Å². The van der Waals surface area contributed by atoms with Gasteiger partial charge in [-0.25, -0.2) is 0 Å². The van der Waals surface area contributed by atoms with Gasteiger partial charge in [-0.1, -0.05) is 17.7 Å². The van der Waals surface area contributed by atoms with E-state index in [1.54, 1.807) is 0 Å². The molecule has 2 rings (SSSR count). The van der Waals surface area contributed by atoms with Crippen LogP contribution in [-0.4, -0.2) is 19.6 Å². The number of hydrogen-bond donors (Lipinski definition) is 2. The van der Waals surface area contributed by atoms with E-state index in [2.05, 4.69) is 29.7 Å². The van der Waals surface area contributed by atoms with E-state index in [0.717, 1.165) is 29.7 Å². The lowest BCUT2D eigenvalue weighted by Crippen LogP contribution is -2.33. The maximum atomic E-state index is 6.17. The van der Waals surface area contributed by atoms with Crippen LogP contribution in [0.2, 0.25) is 5.02 Å². The Bertz CT molecular complexity index is 346. The van der Waals surface area contributed by atoms with Crippen LogP contribution in [0.4, 0.5) is 5.69 Å². The third-order valence-corrected chi connectivity index (χ3v) is 3.42. The van der Waals surface area contributed by atoms with Crippen molar-refractivity contribution < 1.29 is 0 Å².